The molecule has 0 bridgehead atoms. The molecule has 1 atom stereocenters. The van der Waals surface area contributed by atoms with Crippen LogP contribution in [0.25, 0.3) is 0 Å². The van der Waals surface area contributed by atoms with Gasteiger partial charge in [0.15, 0.2) is 5.82 Å². The number of nitrogens with one attached hydrogen (secondary N) is 2. The lowest BCUT2D eigenvalue weighted by Gasteiger charge is -2.11. The number of nitrogens with two attached hydrogens (primary N) is 1. The first-order valence-electron chi connectivity index (χ1n) is 6.19. The van der Waals surface area contributed by atoms with E-state index in [2.05, 4.69) is 10.6 Å². The molecule has 8 nitrogen and oxygen atoms in total. The van der Waals surface area contributed by atoms with Crippen LogP contribution in [-0.2, 0) is 4.79 Å². The summed E-state index contributed by atoms with van der Waals surface area (Å²) in [5.41, 5.74) is 4.01. The summed E-state index contributed by atoms with van der Waals surface area (Å²) >= 11 is 0. The third-order valence-electron chi connectivity index (χ3n) is 3.15. The summed E-state index contributed by atoms with van der Waals surface area (Å²) < 4.78 is 13.2. The van der Waals surface area contributed by atoms with E-state index in [9.17, 15) is 24.1 Å². The molecular formula is C12H13FN4O4. The number of hydrogen-bond acceptors (Lipinski definition) is 5. The lowest BCUT2D eigenvalue weighted by molar-refractivity contribution is -0.385. The minimum Gasteiger partial charge on any atom is -0.396 e. The normalized spacial score (nSPS) is 17.4. The van der Waals surface area contributed by atoms with Gasteiger partial charge in [-0.25, -0.2) is 4.39 Å². The summed E-state index contributed by atoms with van der Waals surface area (Å²) in [4.78, 5) is 33.0. The molecular weight excluding hydrogens is 283 g/mol. The van der Waals surface area contributed by atoms with Gasteiger partial charge in [0.25, 0.3) is 11.6 Å². The minimum atomic E-state index is -0.957. The highest BCUT2D eigenvalue weighted by Crippen LogP contribution is 2.24. The molecule has 1 heterocycles. The van der Waals surface area contributed by atoms with Crippen LogP contribution in [0.1, 0.15) is 23.2 Å². The second-order valence-corrected chi connectivity index (χ2v) is 4.66. The van der Waals surface area contributed by atoms with Gasteiger partial charge in [0.05, 0.1) is 16.7 Å². The van der Waals surface area contributed by atoms with Gasteiger partial charge in [0, 0.05) is 19.0 Å². The Morgan fingerprint density at radius 1 is 1.57 bits per heavy atom. The Kier molecular flexibility index (Phi) is 4.01. The van der Waals surface area contributed by atoms with E-state index in [-0.39, 0.29) is 29.7 Å². The highest BCUT2D eigenvalue weighted by atomic mass is 19.1. The maximum absolute atomic E-state index is 13.2. The Hall–Kier alpha value is -2.71. The summed E-state index contributed by atoms with van der Waals surface area (Å²) in [6, 6.07) is 1.33. The lowest BCUT2D eigenvalue weighted by atomic mass is 10.1. The monoisotopic (exact) mass is 296 g/mol. The maximum atomic E-state index is 13.2. The van der Waals surface area contributed by atoms with E-state index < -0.39 is 22.3 Å². The fraction of sp³-hybridized carbons (Fsp3) is 0.333. The predicted molar refractivity (Wildman–Crippen MR) is 71.0 cm³/mol. The van der Waals surface area contributed by atoms with Crippen molar-refractivity contribution in [2.24, 2.45) is 0 Å². The van der Waals surface area contributed by atoms with Crippen molar-refractivity contribution in [2.45, 2.75) is 18.9 Å². The lowest BCUT2D eigenvalue weighted by Crippen LogP contribution is -2.38. The standard InChI is InChI=1S/C12H13FN4O4/c13-8-4-10(17(20)21)7(3-9(8)14)12(19)15-5-6-1-2-11(18)16-6/h3-4,6H,1-2,5,14H2,(H,15,19)(H,16,18). The van der Waals surface area contributed by atoms with E-state index in [0.717, 1.165) is 6.07 Å². The Balaban J connectivity index is 2.13. The highest BCUT2D eigenvalue weighted by molar-refractivity contribution is 5.99. The molecule has 9 heteroatoms. The molecule has 1 saturated heterocycles. The molecule has 0 aromatic heterocycles. The summed E-state index contributed by atoms with van der Waals surface area (Å²) in [6.07, 6.45) is 0.955. The third kappa shape index (κ3) is 3.25. The SMILES string of the molecule is Nc1cc(C(=O)NCC2CCC(=O)N2)c([N+](=O)[O-])cc1F. The van der Waals surface area contributed by atoms with Gasteiger partial charge < -0.3 is 16.4 Å². The number of nitro groups is 1. The summed E-state index contributed by atoms with van der Waals surface area (Å²) in [5, 5.41) is 16.0. The first-order chi connectivity index (χ1) is 9.88. The van der Waals surface area contributed by atoms with Gasteiger partial charge in [-0.05, 0) is 12.5 Å². The van der Waals surface area contributed by atoms with Crippen LogP contribution in [0.2, 0.25) is 0 Å². The third-order valence-corrected chi connectivity index (χ3v) is 3.15. The number of carbonyl (C=O) groups is 2. The zero-order valence-electron chi connectivity index (χ0n) is 10.9. The van der Waals surface area contributed by atoms with Crippen LogP contribution in [-0.4, -0.2) is 29.3 Å². The molecule has 1 unspecified atom stereocenters. The largest absolute Gasteiger partial charge is 0.396 e. The number of benzene rings is 1. The van der Waals surface area contributed by atoms with Gasteiger partial charge in [-0.3, -0.25) is 19.7 Å². The first-order valence-corrected chi connectivity index (χ1v) is 6.19. The Morgan fingerprint density at radius 2 is 2.29 bits per heavy atom. The van der Waals surface area contributed by atoms with E-state index in [4.69, 9.17) is 5.73 Å². The van der Waals surface area contributed by atoms with Crippen molar-refractivity contribution in [1.29, 1.82) is 0 Å². The fourth-order valence-electron chi connectivity index (χ4n) is 2.05. The topological polar surface area (TPSA) is 127 Å². The number of amides is 2. The molecule has 0 radical (unpaired) electrons. The van der Waals surface area contributed by atoms with Gasteiger partial charge in [0.2, 0.25) is 5.91 Å². The number of rotatable bonds is 4. The molecule has 2 amide bonds. The highest BCUT2D eigenvalue weighted by Gasteiger charge is 2.25. The van der Waals surface area contributed by atoms with Crippen LogP contribution in [0.4, 0.5) is 15.8 Å². The molecule has 1 fully saturated rings. The Labute approximate surface area is 118 Å². The van der Waals surface area contributed by atoms with Crippen LogP contribution >= 0.6 is 0 Å². The Morgan fingerprint density at radius 3 is 2.86 bits per heavy atom. The van der Waals surface area contributed by atoms with E-state index in [1.165, 1.54) is 0 Å². The summed E-state index contributed by atoms with van der Waals surface area (Å²) in [6.45, 7) is 0.138. The van der Waals surface area contributed by atoms with Crippen LogP contribution in [0, 0.1) is 15.9 Å². The summed E-state index contributed by atoms with van der Waals surface area (Å²) in [5.74, 6) is -1.80. The molecule has 0 spiro atoms. The van der Waals surface area contributed by atoms with E-state index in [0.29, 0.717) is 18.9 Å². The van der Waals surface area contributed by atoms with Crippen LogP contribution in [0.3, 0.4) is 0 Å². The second-order valence-electron chi connectivity index (χ2n) is 4.66. The van der Waals surface area contributed by atoms with Crippen molar-refractivity contribution in [3.63, 3.8) is 0 Å². The smallest absolute Gasteiger partial charge is 0.285 e. The number of nitrogens with zero attached hydrogens (tertiary/aromatic N) is 1. The van der Waals surface area contributed by atoms with Crippen molar-refractivity contribution in [2.75, 3.05) is 12.3 Å². The van der Waals surface area contributed by atoms with Gasteiger partial charge >= 0.3 is 0 Å². The average Bonchev–Trinajstić information content (AvgIpc) is 2.84. The molecule has 1 aromatic rings. The van der Waals surface area contributed by atoms with Gasteiger partial charge in [-0.2, -0.15) is 0 Å². The van der Waals surface area contributed by atoms with Gasteiger partial charge in [0.1, 0.15) is 5.56 Å². The van der Waals surface area contributed by atoms with Gasteiger partial charge in [-0.1, -0.05) is 0 Å². The zero-order valence-corrected chi connectivity index (χ0v) is 10.9. The molecule has 1 aromatic carbocycles. The zero-order chi connectivity index (χ0) is 15.6. The van der Waals surface area contributed by atoms with Crippen molar-refractivity contribution in [1.82, 2.24) is 10.6 Å². The van der Waals surface area contributed by atoms with E-state index >= 15 is 0 Å². The molecule has 112 valence electrons. The van der Waals surface area contributed by atoms with Gasteiger partial charge in [-0.15, -0.1) is 0 Å². The Bertz CT molecular complexity index is 620. The molecule has 0 aliphatic carbocycles. The second kappa shape index (κ2) is 5.73. The van der Waals surface area contributed by atoms with Crippen LogP contribution in [0.15, 0.2) is 12.1 Å². The average molecular weight is 296 g/mol. The van der Waals surface area contributed by atoms with Crippen LogP contribution < -0.4 is 16.4 Å². The molecule has 2 rings (SSSR count). The van der Waals surface area contributed by atoms with E-state index in [1.54, 1.807) is 0 Å². The quantitative estimate of drug-likeness (QED) is 0.419. The number of carbonyl (C=O) groups excluding carboxylic acids is 2. The van der Waals surface area contributed by atoms with Crippen molar-refractivity contribution >= 4 is 23.2 Å². The molecule has 4 N–H and O–H groups in total. The number of hydrogen-bond donors (Lipinski definition) is 3. The predicted octanol–water partition coefficient (Wildman–Crippen LogP) is 0.324. The number of anilines is 1. The number of halogens is 1. The molecule has 1 aliphatic rings. The van der Waals surface area contributed by atoms with Crippen molar-refractivity contribution in [3.8, 4) is 0 Å². The van der Waals surface area contributed by atoms with Crippen LogP contribution in [0.5, 0.6) is 0 Å². The molecule has 1 aliphatic heterocycles. The molecule has 0 saturated carbocycles. The first kappa shape index (κ1) is 14.7. The number of nitrogen functional groups attached to an aromatic ring is 1. The van der Waals surface area contributed by atoms with E-state index in [1.807, 2.05) is 0 Å². The fourth-order valence-corrected chi connectivity index (χ4v) is 2.05. The summed E-state index contributed by atoms with van der Waals surface area (Å²) in [7, 11) is 0. The molecule has 21 heavy (non-hydrogen) atoms. The van der Waals surface area contributed by atoms with Crippen molar-refractivity contribution < 1.29 is 18.9 Å². The maximum Gasteiger partial charge on any atom is 0.285 e. The minimum absolute atomic E-state index is 0.105. The number of nitro benzene ring substituents is 1. The van der Waals surface area contributed by atoms with Crippen molar-refractivity contribution in [3.05, 3.63) is 33.6 Å².